The molecule has 1 aromatic heterocycles. The normalized spacial score (nSPS) is 14.6. The summed E-state index contributed by atoms with van der Waals surface area (Å²) >= 11 is 1.70. The SMILES string of the molecule is CC(=O)N1CCN(C(=O)c2ccc(-c3cscc3C)c3ccccc23)CC1. The number of amides is 2. The zero-order valence-electron chi connectivity index (χ0n) is 15.6. The number of benzene rings is 2. The first-order valence-corrected chi connectivity index (χ1v) is 10.1. The van der Waals surface area contributed by atoms with Gasteiger partial charge >= 0.3 is 0 Å². The van der Waals surface area contributed by atoms with Crippen LogP contribution in [0.4, 0.5) is 0 Å². The van der Waals surface area contributed by atoms with Crippen LogP contribution in [0.1, 0.15) is 22.8 Å². The second-order valence-electron chi connectivity index (χ2n) is 6.97. The van der Waals surface area contributed by atoms with Crippen LogP contribution >= 0.6 is 11.3 Å². The van der Waals surface area contributed by atoms with Crippen LogP contribution in [-0.4, -0.2) is 47.8 Å². The quantitative estimate of drug-likeness (QED) is 0.671. The largest absolute Gasteiger partial charge is 0.339 e. The first-order valence-electron chi connectivity index (χ1n) is 9.16. The predicted octanol–water partition coefficient (Wildman–Crippen LogP) is 4.18. The fourth-order valence-corrected chi connectivity index (χ4v) is 4.60. The van der Waals surface area contributed by atoms with E-state index in [2.05, 4.69) is 29.8 Å². The molecular weight excluding hydrogens is 356 g/mol. The summed E-state index contributed by atoms with van der Waals surface area (Å²) in [7, 11) is 0. The zero-order valence-corrected chi connectivity index (χ0v) is 16.4. The number of hydrogen-bond donors (Lipinski definition) is 0. The Labute approximate surface area is 163 Å². The first kappa shape index (κ1) is 17.7. The van der Waals surface area contributed by atoms with Gasteiger partial charge in [-0.15, -0.1) is 0 Å². The van der Waals surface area contributed by atoms with E-state index >= 15 is 0 Å². The number of rotatable bonds is 2. The third-order valence-corrected chi connectivity index (χ3v) is 6.17. The van der Waals surface area contributed by atoms with E-state index in [1.54, 1.807) is 23.2 Å². The van der Waals surface area contributed by atoms with Crippen LogP contribution in [0.15, 0.2) is 47.2 Å². The maximum Gasteiger partial charge on any atom is 0.254 e. The maximum absolute atomic E-state index is 13.2. The molecule has 0 unspecified atom stereocenters. The number of piperazine rings is 1. The molecule has 0 N–H and O–H groups in total. The molecule has 2 aromatic carbocycles. The molecule has 3 aromatic rings. The maximum atomic E-state index is 13.2. The Morgan fingerprint density at radius 3 is 2.15 bits per heavy atom. The predicted molar refractivity (Wildman–Crippen MR) is 110 cm³/mol. The van der Waals surface area contributed by atoms with Gasteiger partial charge in [0.25, 0.3) is 5.91 Å². The van der Waals surface area contributed by atoms with Crippen molar-refractivity contribution in [3.05, 3.63) is 58.3 Å². The molecule has 27 heavy (non-hydrogen) atoms. The number of carbonyl (C=O) groups excluding carboxylic acids is 2. The molecule has 0 spiro atoms. The van der Waals surface area contributed by atoms with Gasteiger partial charge in [-0.05, 0) is 51.2 Å². The van der Waals surface area contributed by atoms with Crippen molar-refractivity contribution in [1.82, 2.24) is 9.80 Å². The van der Waals surface area contributed by atoms with E-state index < -0.39 is 0 Å². The van der Waals surface area contributed by atoms with Gasteiger partial charge in [-0.3, -0.25) is 9.59 Å². The molecule has 5 heteroatoms. The van der Waals surface area contributed by atoms with Crippen molar-refractivity contribution >= 4 is 33.9 Å². The molecule has 0 bridgehead atoms. The first-order chi connectivity index (χ1) is 13.1. The Morgan fingerprint density at radius 2 is 1.52 bits per heavy atom. The Bertz CT molecular complexity index is 1020. The van der Waals surface area contributed by atoms with E-state index in [4.69, 9.17) is 0 Å². The van der Waals surface area contributed by atoms with Gasteiger partial charge in [-0.2, -0.15) is 11.3 Å². The van der Waals surface area contributed by atoms with Crippen LogP contribution in [-0.2, 0) is 4.79 Å². The lowest BCUT2D eigenvalue weighted by Gasteiger charge is -2.34. The second-order valence-corrected chi connectivity index (χ2v) is 7.72. The molecule has 4 nitrogen and oxygen atoms in total. The number of nitrogens with zero attached hydrogens (tertiary/aromatic N) is 2. The third-order valence-electron chi connectivity index (χ3n) is 5.31. The van der Waals surface area contributed by atoms with Crippen LogP contribution < -0.4 is 0 Å². The number of fused-ring (bicyclic) bond motifs is 1. The van der Waals surface area contributed by atoms with Crippen LogP contribution in [0.2, 0.25) is 0 Å². The summed E-state index contributed by atoms with van der Waals surface area (Å²) in [5, 5.41) is 6.41. The molecule has 1 aliphatic heterocycles. The van der Waals surface area contributed by atoms with Crippen molar-refractivity contribution in [1.29, 1.82) is 0 Å². The molecular formula is C22H22N2O2S. The smallest absolute Gasteiger partial charge is 0.254 e. The van der Waals surface area contributed by atoms with E-state index in [0.29, 0.717) is 26.2 Å². The van der Waals surface area contributed by atoms with Gasteiger partial charge in [0, 0.05) is 38.7 Å². The molecule has 2 amide bonds. The standard InChI is InChI=1S/C22H22N2O2S/c1-15-13-27-14-21(15)19-7-8-20(18-6-4-3-5-17(18)19)22(26)24-11-9-23(10-12-24)16(2)25/h3-8,13-14H,9-12H2,1-2H3. The van der Waals surface area contributed by atoms with Crippen LogP contribution in [0.3, 0.4) is 0 Å². The molecule has 0 aliphatic carbocycles. The minimum atomic E-state index is 0.0444. The average Bonchev–Trinajstić information content (AvgIpc) is 3.12. The zero-order chi connectivity index (χ0) is 19.0. The number of thiophene rings is 1. The number of hydrogen-bond acceptors (Lipinski definition) is 3. The lowest BCUT2D eigenvalue weighted by atomic mass is 9.94. The molecule has 1 fully saturated rings. The summed E-state index contributed by atoms with van der Waals surface area (Å²) < 4.78 is 0. The highest BCUT2D eigenvalue weighted by Gasteiger charge is 2.24. The van der Waals surface area contributed by atoms with Crippen molar-refractivity contribution < 1.29 is 9.59 Å². The van der Waals surface area contributed by atoms with E-state index in [-0.39, 0.29) is 11.8 Å². The summed E-state index contributed by atoms with van der Waals surface area (Å²) in [6.07, 6.45) is 0. The van der Waals surface area contributed by atoms with Gasteiger partial charge < -0.3 is 9.80 Å². The fraction of sp³-hybridized carbons (Fsp3) is 0.273. The van der Waals surface area contributed by atoms with Gasteiger partial charge in [0.15, 0.2) is 0 Å². The lowest BCUT2D eigenvalue weighted by molar-refractivity contribution is -0.130. The molecule has 0 saturated carbocycles. The van der Waals surface area contributed by atoms with Gasteiger partial charge in [0.1, 0.15) is 0 Å². The molecule has 2 heterocycles. The van der Waals surface area contributed by atoms with Gasteiger partial charge in [-0.25, -0.2) is 0 Å². The average molecular weight is 378 g/mol. The van der Waals surface area contributed by atoms with Crippen molar-refractivity contribution in [3.63, 3.8) is 0 Å². The van der Waals surface area contributed by atoms with Crippen molar-refractivity contribution in [2.75, 3.05) is 26.2 Å². The highest BCUT2D eigenvalue weighted by atomic mass is 32.1. The highest BCUT2D eigenvalue weighted by molar-refractivity contribution is 7.08. The van der Waals surface area contributed by atoms with Crippen molar-refractivity contribution in [2.45, 2.75) is 13.8 Å². The number of carbonyl (C=O) groups is 2. The summed E-state index contributed by atoms with van der Waals surface area (Å²) in [6.45, 7) is 6.07. The third kappa shape index (κ3) is 3.23. The van der Waals surface area contributed by atoms with E-state index in [1.165, 1.54) is 16.7 Å². The van der Waals surface area contributed by atoms with Crippen LogP contribution in [0, 0.1) is 6.92 Å². The molecule has 0 atom stereocenters. The molecule has 1 saturated heterocycles. The Hall–Kier alpha value is -2.66. The molecule has 4 rings (SSSR count). The van der Waals surface area contributed by atoms with Gasteiger partial charge in [-0.1, -0.05) is 30.3 Å². The summed E-state index contributed by atoms with van der Waals surface area (Å²) in [5.41, 5.74) is 4.38. The fourth-order valence-electron chi connectivity index (χ4n) is 3.75. The van der Waals surface area contributed by atoms with Crippen molar-refractivity contribution in [3.8, 4) is 11.1 Å². The minimum absolute atomic E-state index is 0.0444. The van der Waals surface area contributed by atoms with Gasteiger partial charge in [0.2, 0.25) is 5.91 Å². The summed E-state index contributed by atoms with van der Waals surface area (Å²) in [4.78, 5) is 28.4. The topological polar surface area (TPSA) is 40.6 Å². The Balaban J connectivity index is 1.70. The summed E-state index contributed by atoms with van der Waals surface area (Å²) in [5.74, 6) is 0.117. The Kier molecular flexibility index (Phi) is 4.70. The monoisotopic (exact) mass is 378 g/mol. The molecule has 0 radical (unpaired) electrons. The van der Waals surface area contributed by atoms with E-state index in [1.807, 2.05) is 29.2 Å². The van der Waals surface area contributed by atoms with Crippen molar-refractivity contribution in [2.24, 2.45) is 0 Å². The summed E-state index contributed by atoms with van der Waals surface area (Å²) in [6, 6.07) is 12.1. The molecule has 1 aliphatic rings. The molecule has 138 valence electrons. The van der Waals surface area contributed by atoms with Gasteiger partial charge in [0.05, 0.1) is 0 Å². The number of aryl methyl sites for hydroxylation is 1. The second kappa shape index (κ2) is 7.16. The lowest BCUT2D eigenvalue weighted by Crippen LogP contribution is -2.50. The van der Waals surface area contributed by atoms with E-state index in [0.717, 1.165) is 16.3 Å². The minimum Gasteiger partial charge on any atom is -0.339 e. The Morgan fingerprint density at radius 1 is 0.852 bits per heavy atom. The van der Waals surface area contributed by atoms with E-state index in [9.17, 15) is 9.59 Å². The highest BCUT2D eigenvalue weighted by Crippen LogP contribution is 2.34. The van der Waals surface area contributed by atoms with Crippen LogP contribution in [0.25, 0.3) is 21.9 Å². The van der Waals surface area contributed by atoms with Crippen LogP contribution in [0.5, 0.6) is 0 Å².